The van der Waals surface area contributed by atoms with Crippen molar-refractivity contribution in [2.75, 3.05) is 26.2 Å². The van der Waals surface area contributed by atoms with E-state index in [1.165, 1.54) is 0 Å². The molecule has 0 aromatic rings. The van der Waals surface area contributed by atoms with Crippen molar-refractivity contribution >= 4 is 29.9 Å². The first-order chi connectivity index (χ1) is 7.53. The molecule has 1 aliphatic heterocycles. The molecular weight excluding hydrogens is 346 g/mol. The molecular formula is C10H19F3IN3. The Kier molecular flexibility index (Phi) is 7.89. The van der Waals surface area contributed by atoms with Crippen molar-refractivity contribution in [3.05, 3.63) is 0 Å². The van der Waals surface area contributed by atoms with Crippen molar-refractivity contribution in [2.45, 2.75) is 32.4 Å². The normalized spacial score (nSPS) is 16.9. The van der Waals surface area contributed by atoms with Gasteiger partial charge in [-0.2, -0.15) is 13.2 Å². The second-order valence-corrected chi connectivity index (χ2v) is 3.79. The molecule has 0 atom stereocenters. The Morgan fingerprint density at radius 3 is 2.35 bits per heavy atom. The quantitative estimate of drug-likeness (QED) is 0.473. The second kappa shape index (κ2) is 7.99. The lowest BCUT2D eigenvalue weighted by Crippen LogP contribution is -2.39. The van der Waals surface area contributed by atoms with E-state index in [0.717, 1.165) is 25.9 Å². The van der Waals surface area contributed by atoms with Gasteiger partial charge in [0, 0.05) is 19.6 Å². The van der Waals surface area contributed by atoms with E-state index in [2.05, 4.69) is 10.3 Å². The highest BCUT2D eigenvalue weighted by molar-refractivity contribution is 14.0. The monoisotopic (exact) mass is 365 g/mol. The lowest BCUT2D eigenvalue weighted by molar-refractivity contribution is -0.132. The first-order valence-electron chi connectivity index (χ1n) is 5.63. The standard InChI is InChI=1S/C10H18F3N3.HI/c1-2-14-9(16-7-3-4-8-16)15-6-5-10(11,12)13;/h2-8H2,1H3,(H,14,15);1H. The van der Waals surface area contributed by atoms with Crippen LogP contribution in [0.4, 0.5) is 13.2 Å². The smallest absolute Gasteiger partial charge is 0.357 e. The summed E-state index contributed by atoms with van der Waals surface area (Å²) in [5.41, 5.74) is 0. The van der Waals surface area contributed by atoms with Gasteiger partial charge in [-0.05, 0) is 19.8 Å². The van der Waals surface area contributed by atoms with Crippen LogP contribution in [0, 0.1) is 0 Å². The summed E-state index contributed by atoms with van der Waals surface area (Å²) >= 11 is 0. The maximum absolute atomic E-state index is 12.0. The molecule has 1 N–H and O–H groups in total. The number of rotatable bonds is 3. The highest BCUT2D eigenvalue weighted by atomic mass is 127. The summed E-state index contributed by atoms with van der Waals surface area (Å²) in [4.78, 5) is 6.01. The summed E-state index contributed by atoms with van der Waals surface area (Å²) in [7, 11) is 0. The summed E-state index contributed by atoms with van der Waals surface area (Å²) in [5, 5.41) is 3.02. The number of alkyl halides is 3. The first-order valence-corrected chi connectivity index (χ1v) is 5.63. The molecule has 0 saturated carbocycles. The molecule has 1 saturated heterocycles. The third-order valence-electron chi connectivity index (χ3n) is 2.40. The zero-order valence-electron chi connectivity index (χ0n) is 9.89. The third-order valence-corrected chi connectivity index (χ3v) is 2.40. The fourth-order valence-corrected chi connectivity index (χ4v) is 1.64. The summed E-state index contributed by atoms with van der Waals surface area (Å²) in [5.74, 6) is 0.615. The molecule has 0 bridgehead atoms. The van der Waals surface area contributed by atoms with Gasteiger partial charge in [0.1, 0.15) is 0 Å². The number of guanidine groups is 1. The van der Waals surface area contributed by atoms with Crippen LogP contribution in [0.5, 0.6) is 0 Å². The number of halogens is 4. The summed E-state index contributed by atoms with van der Waals surface area (Å²) in [6.45, 7) is 4.18. The zero-order chi connectivity index (χ0) is 12.0. The number of nitrogens with one attached hydrogen (secondary N) is 1. The Morgan fingerprint density at radius 1 is 1.29 bits per heavy atom. The van der Waals surface area contributed by atoms with Gasteiger partial charge in [0.2, 0.25) is 0 Å². The fraction of sp³-hybridized carbons (Fsp3) is 0.900. The van der Waals surface area contributed by atoms with Crippen LogP contribution < -0.4 is 5.32 Å². The van der Waals surface area contributed by atoms with Gasteiger partial charge in [0.25, 0.3) is 0 Å². The van der Waals surface area contributed by atoms with Crippen molar-refractivity contribution < 1.29 is 13.2 Å². The van der Waals surface area contributed by atoms with Crippen molar-refractivity contribution in [1.29, 1.82) is 0 Å². The van der Waals surface area contributed by atoms with Crippen molar-refractivity contribution in [2.24, 2.45) is 4.99 Å². The molecule has 0 unspecified atom stereocenters. The molecule has 1 aliphatic rings. The maximum atomic E-state index is 12.0. The van der Waals surface area contributed by atoms with Gasteiger partial charge in [-0.25, -0.2) is 0 Å². The van der Waals surface area contributed by atoms with E-state index in [0.29, 0.717) is 12.5 Å². The van der Waals surface area contributed by atoms with Crippen LogP contribution in [0.25, 0.3) is 0 Å². The predicted octanol–water partition coefficient (Wildman–Crippen LogP) is 2.62. The molecule has 1 heterocycles. The summed E-state index contributed by atoms with van der Waals surface area (Å²) < 4.78 is 35.9. The minimum Gasteiger partial charge on any atom is -0.357 e. The van der Waals surface area contributed by atoms with Crippen LogP contribution in [0.2, 0.25) is 0 Å². The number of likely N-dealkylation sites (tertiary alicyclic amines) is 1. The van der Waals surface area contributed by atoms with Gasteiger partial charge < -0.3 is 10.2 Å². The van der Waals surface area contributed by atoms with E-state index in [4.69, 9.17) is 0 Å². The van der Waals surface area contributed by atoms with Crippen molar-refractivity contribution in [1.82, 2.24) is 10.2 Å². The predicted molar refractivity (Wildman–Crippen MR) is 72.9 cm³/mol. The van der Waals surface area contributed by atoms with Gasteiger partial charge >= 0.3 is 6.18 Å². The molecule has 0 aliphatic carbocycles. The molecule has 3 nitrogen and oxygen atoms in total. The van der Waals surface area contributed by atoms with E-state index in [-0.39, 0.29) is 30.5 Å². The van der Waals surface area contributed by atoms with E-state index in [1.807, 2.05) is 11.8 Å². The van der Waals surface area contributed by atoms with Gasteiger partial charge in [0.05, 0.1) is 13.0 Å². The maximum Gasteiger partial charge on any atom is 0.390 e. The largest absolute Gasteiger partial charge is 0.390 e. The van der Waals surface area contributed by atoms with E-state index in [9.17, 15) is 13.2 Å². The minimum absolute atomic E-state index is 0. The summed E-state index contributed by atoms with van der Waals surface area (Å²) in [6.07, 6.45) is -2.80. The Morgan fingerprint density at radius 2 is 1.88 bits per heavy atom. The lowest BCUT2D eigenvalue weighted by atomic mass is 10.4. The number of aliphatic imine (C=N–C) groups is 1. The molecule has 0 aromatic carbocycles. The summed E-state index contributed by atoms with van der Waals surface area (Å²) in [6, 6.07) is 0. The Hall–Kier alpha value is -0.210. The van der Waals surface area contributed by atoms with Crippen LogP contribution in [0.1, 0.15) is 26.2 Å². The molecule has 0 aromatic heterocycles. The fourth-order valence-electron chi connectivity index (χ4n) is 1.64. The Bertz CT molecular complexity index is 237. The van der Waals surface area contributed by atoms with Crippen LogP contribution in [-0.4, -0.2) is 43.2 Å². The Labute approximate surface area is 117 Å². The van der Waals surface area contributed by atoms with Crippen molar-refractivity contribution in [3.8, 4) is 0 Å². The van der Waals surface area contributed by atoms with Crippen LogP contribution in [-0.2, 0) is 0 Å². The molecule has 0 radical (unpaired) electrons. The average Bonchev–Trinajstić information content (AvgIpc) is 2.67. The van der Waals surface area contributed by atoms with E-state index >= 15 is 0 Å². The number of hydrogen-bond acceptors (Lipinski definition) is 1. The average molecular weight is 365 g/mol. The van der Waals surface area contributed by atoms with Gasteiger partial charge in [-0.1, -0.05) is 0 Å². The lowest BCUT2D eigenvalue weighted by Gasteiger charge is -2.20. The molecule has 0 amide bonds. The van der Waals surface area contributed by atoms with E-state index in [1.54, 1.807) is 0 Å². The van der Waals surface area contributed by atoms with Crippen molar-refractivity contribution in [3.63, 3.8) is 0 Å². The molecule has 7 heteroatoms. The molecule has 1 rings (SSSR count). The molecule has 1 fully saturated rings. The first kappa shape index (κ1) is 16.8. The number of hydrogen-bond donors (Lipinski definition) is 1. The second-order valence-electron chi connectivity index (χ2n) is 3.79. The molecule has 0 spiro atoms. The molecule has 102 valence electrons. The Balaban J connectivity index is 0.00000256. The van der Waals surface area contributed by atoms with Crippen LogP contribution >= 0.6 is 24.0 Å². The number of nitrogens with zero attached hydrogens (tertiary/aromatic N) is 2. The topological polar surface area (TPSA) is 27.6 Å². The van der Waals surface area contributed by atoms with Crippen LogP contribution in [0.3, 0.4) is 0 Å². The highest BCUT2D eigenvalue weighted by Crippen LogP contribution is 2.19. The molecule has 17 heavy (non-hydrogen) atoms. The van der Waals surface area contributed by atoms with Crippen LogP contribution in [0.15, 0.2) is 4.99 Å². The van der Waals surface area contributed by atoms with Gasteiger partial charge in [0.15, 0.2) is 5.96 Å². The third kappa shape index (κ3) is 6.95. The van der Waals surface area contributed by atoms with Gasteiger partial charge in [-0.15, -0.1) is 24.0 Å². The SMILES string of the molecule is CCNC(=NCCC(F)(F)F)N1CCCC1.I. The van der Waals surface area contributed by atoms with Gasteiger partial charge in [-0.3, -0.25) is 4.99 Å². The minimum atomic E-state index is -4.12. The highest BCUT2D eigenvalue weighted by Gasteiger charge is 2.26. The van der Waals surface area contributed by atoms with E-state index < -0.39 is 12.6 Å². The zero-order valence-corrected chi connectivity index (χ0v) is 12.2.